The smallest absolute Gasteiger partial charge is 0.372 e. The predicted octanol–water partition coefficient (Wildman–Crippen LogP) is 5.44. The van der Waals surface area contributed by atoms with Crippen molar-refractivity contribution in [3.05, 3.63) is 64.7 Å². The van der Waals surface area contributed by atoms with Crippen LogP contribution in [0.1, 0.15) is 37.0 Å². The minimum Gasteiger partial charge on any atom is -0.372 e. The molecule has 0 aromatic heterocycles. The first kappa shape index (κ1) is 20.2. The van der Waals surface area contributed by atoms with Gasteiger partial charge in [0, 0.05) is 5.02 Å². The van der Waals surface area contributed by atoms with Gasteiger partial charge in [-0.1, -0.05) is 29.8 Å². The highest BCUT2D eigenvalue weighted by atomic mass is 35.5. The summed E-state index contributed by atoms with van der Waals surface area (Å²) < 4.78 is 69.3. The van der Waals surface area contributed by atoms with E-state index in [2.05, 4.69) is 0 Å². The van der Waals surface area contributed by atoms with Crippen molar-refractivity contribution in [2.45, 2.75) is 41.7 Å². The van der Waals surface area contributed by atoms with E-state index in [1.54, 1.807) is 12.1 Å². The number of alkyl halides is 3. The van der Waals surface area contributed by atoms with Gasteiger partial charge in [-0.2, -0.15) is 13.2 Å². The first-order valence-corrected chi connectivity index (χ1v) is 10.2. The molecule has 0 amide bonds. The molecule has 0 saturated carbocycles. The van der Waals surface area contributed by atoms with E-state index in [4.69, 9.17) is 16.3 Å². The molecule has 0 aliphatic carbocycles. The maximum absolute atomic E-state index is 13.0. The van der Waals surface area contributed by atoms with Crippen LogP contribution in [0.3, 0.4) is 0 Å². The molecule has 27 heavy (non-hydrogen) atoms. The summed E-state index contributed by atoms with van der Waals surface area (Å²) in [5.74, 6) is 0. The molecular formula is C19H18ClF3O3S. The molecule has 1 saturated heterocycles. The maximum atomic E-state index is 13.0. The number of halogens is 4. The van der Waals surface area contributed by atoms with Crippen molar-refractivity contribution in [2.24, 2.45) is 0 Å². The van der Waals surface area contributed by atoms with Crippen LogP contribution < -0.4 is 0 Å². The van der Waals surface area contributed by atoms with Crippen LogP contribution in [0.4, 0.5) is 13.2 Å². The van der Waals surface area contributed by atoms with Crippen molar-refractivity contribution in [2.75, 3.05) is 6.61 Å². The highest BCUT2D eigenvalue weighted by Crippen LogP contribution is 2.40. The quantitative estimate of drug-likeness (QED) is 0.666. The lowest BCUT2D eigenvalue weighted by molar-refractivity contribution is -0.137. The molecule has 146 valence electrons. The molecule has 2 aromatic carbocycles. The maximum Gasteiger partial charge on any atom is 0.416 e. The summed E-state index contributed by atoms with van der Waals surface area (Å²) in [6.45, 7) is 1.42. The van der Waals surface area contributed by atoms with Gasteiger partial charge in [-0.05, 0) is 55.7 Å². The fourth-order valence-electron chi connectivity index (χ4n) is 3.15. The SMILES string of the molecule is CC1(S(=O)(=O)c2cccc(C(F)(F)F)c2)CCC(c2ccc(Cl)cc2)OC1. The van der Waals surface area contributed by atoms with Crippen LogP contribution in [0.2, 0.25) is 5.02 Å². The summed E-state index contributed by atoms with van der Waals surface area (Å²) in [7, 11) is -4.00. The van der Waals surface area contributed by atoms with Crippen LogP contribution in [-0.4, -0.2) is 19.8 Å². The van der Waals surface area contributed by atoms with E-state index < -0.39 is 26.3 Å². The van der Waals surface area contributed by atoms with Crippen LogP contribution in [0.25, 0.3) is 0 Å². The third-order valence-electron chi connectivity index (χ3n) is 4.89. The van der Waals surface area contributed by atoms with Gasteiger partial charge in [0.15, 0.2) is 9.84 Å². The Morgan fingerprint density at radius 1 is 1.15 bits per heavy atom. The highest BCUT2D eigenvalue weighted by Gasteiger charge is 2.45. The van der Waals surface area contributed by atoms with Gasteiger partial charge >= 0.3 is 6.18 Å². The number of sulfone groups is 1. The Bertz CT molecular complexity index is 916. The lowest BCUT2D eigenvalue weighted by atomic mass is 9.95. The van der Waals surface area contributed by atoms with Gasteiger partial charge in [0.1, 0.15) is 0 Å². The van der Waals surface area contributed by atoms with Gasteiger partial charge in [0.25, 0.3) is 0 Å². The van der Waals surface area contributed by atoms with Crippen molar-refractivity contribution in [1.82, 2.24) is 0 Å². The summed E-state index contributed by atoms with van der Waals surface area (Å²) in [5, 5.41) is 0.589. The molecule has 2 atom stereocenters. The molecular weight excluding hydrogens is 401 g/mol. The summed E-state index contributed by atoms with van der Waals surface area (Å²) in [5.41, 5.74) is -0.0964. The Kier molecular flexibility index (Phi) is 5.31. The second-order valence-corrected chi connectivity index (χ2v) is 9.77. The fourth-order valence-corrected chi connectivity index (χ4v) is 4.99. The van der Waals surface area contributed by atoms with Gasteiger partial charge in [0.05, 0.1) is 27.9 Å². The lowest BCUT2D eigenvalue weighted by Crippen LogP contribution is -2.44. The average Bonchev–Trinajstić information content (AvgIpc) is 2.62. The Morgan fingerprint density at radius 3 is 2.37 bits per heavy atom. The first-order chi connectivity index (χ1) is 12.5. The van der Waals surface area contributed by atoms with E-state index in [-0.39, 0.29) is 24.0 Å². The Labute approximate surface area is 161 Å². The molecule has 0 bridgehead atoms. The van der Waals surface area contributed by atoms with E-state index in [1.807, 2.05) is 12.1 Å². The van der Waals surface area contributed by atoms with Crippen LogP contribution in [-0.2, 0) is 20.8 Å². The summed E-state index contributed by atoms with van der Waals surface area (Å²) >= 11 is 5.87. The Hall–Kier alpha value is -1.57. The molecule has 0 N–H and O–H groups in total. The summed E-state index contributed by atoms with van der Waals surface area (Å²) in [6.07, 6.45) is -4.16. The van der Waals surface area contributed by atoms with E-state index >= 15 is 0 Å². The molecule has 1 aliphatic rings. The fraction of sp³-hybridized carbons (Fsp3) is 0.368. The van der Waals surface area contributed by atoms with E-state index in [9.17, 15) is 21.6 Å². The minimum absolute atomic E-state index is 0.0983. The van der Waals surface area contributed by atoms with Crippen LogP contribution in [0.5, 0.6) is 0 Å². The van der Waals surface area contributed by atoms with Gasteiger partial charge in [-0.15, -0.1) is 0 Å². The van der Waals surface area contributed by atoms with Crippen LogP contribution in [0, 0.1) is 0 Å². The molecule has 1 aliphatic heterocycles. The third kappa shape index (κ3) is 4.00. The lowest BCUT2D eigenvalue weighted by Gasteiger charge is -2.37. The normalized spacial score (nSPS) is 24.0. The standard InChI is InChI=1S/C19H18ClF3O3S/c1-18(10-9-17(26-12-18)13-5-7-15(20)8-6-13)27(24,25)16-4-2-3-14(11-16)19(21,22)23/h2-8,11,17H,9-10,12H2,1H3. The summed E-state index contributed by atoms with van der Waals surface area (Å²) in [4.78, 5) is -0.339. The van der Waals surface area contributed by atoms with E-state index in [1.165, 1.54) is 13.0 Å². The molecule has 1 fully saturated rings. The van der Waals surface area contributed by atoms with E-state index in [0.29, 0.717) is 17.5 Å². The number of benzene rings is 2. The first-order valence-electron chi connectivity index (χ1n) is 8.32. The zero-order valence-corrected chi connectivity index (χ0v) is 16.0. The topological polar surface area (TPSA) is 43.4 Å². The Balaban J connectivity index is 1.82. The predicted molar refractivity (Wildman–Crippen MR) is 96.4 cm³/mol. The van der Waals surface area contributed by atoms with Crippen molar-refractivity contribution < 1.29 is 26.3 Å². The molecule has 0 spiro atoms. The highest BCUT2D eigenvalue weighted by molar-refractivity contribution is 7.92. The largest absolute Gasteiger partial charge is 0.416 e. The molecule has 3 nitrogen and oxygen atoms in total. The average molecular weight is 419 g/mol. The second-order valence-electron chi connectivity index (χ2n) is 6.87. The van der Waals surface area contributed by atoms with Gasteiger partial charge in [-0.25, -0.2) is 8.42 Å². The van der Waals surface area contributed by atoms with Crippen LogP contribution in [0.15, 0.2) is 53.4 Å². The van der Waals surface area contributed by atoms with Crippen molar-refractivity contribution >= 4 is 21.4 Å². The van der Waals surface area contributed by atoms with Crippen molar-refractivity contribution in [1.29, 1.82) is 0 Å². The monoisotopic (exact) mass is 418 g/mol. The summed E-state index contributed by atoms with van der Waals surface area (Å²) in [6, 6.07) is 10.9. The zero-order chi connectivity index (χ0) is 19.9. The minimum atomic E-state index is -4.60. The second kappa shape index (κ2) is 7.11. The Morgan fingerprint density at radius 2 is 1.81 bits per heavy atom. The van der Waals surface area contributed by atoms with Gasteiger partial charge in [0.2, 0.25) is 0 Å². The molecule has 1 heterocycles. The van der Waals surface area contributed by atoms with Gasteiger partial charge < -0.3 is 4.74 Å². The third-order valence-corrected chi connectivity index (χ3v) is 7.63. The number of rotatable bonds is 3. The molecule has 2 aromatic rings. The molecule has 0 radical (unpaired) electrons. The number of hydrogen-bond donors (Lipinski definition) is 0. The van der Waals surface area contributed by atoms with Gasteiger partial charge in [-0.3, -0.25) is 0 Å². The molecule has 3 rings (SSSR count). The zero-order valence-electron chi connectivity index (χ0n) is 14.5. The van der Waals surface area contributed by atoms with E-state index in [0.717, 1.165) is 17.7 Å². The molecule has 2 unspecified atom stereocenters. The number of hydrogen-bond acceptors (Lipinski definition) is 3. The number of ether oxygens (including phenoxy) is 1. The van der Waals surface area contributed by atoms with Crippen LogP contribution >= 0.6 is 11.6 Å². The molecule has 8 heteroatoms. The van der Waals surface area contributed by atoms with Crippen molar-refractivity contribution in [3.63, 3.8) is 0 Å². The van der Waals surface area contributed by atoms with Crippen molar-refractivity contribution in [3.8, 4) is 0 Å².